The molecule has 0 aliphatic heterocycles. The van der Waals surface area contributed by atoms with E-state index >= 15 is 0 Å². The van der Waals surface area contributed by atoms with Crippen molar-refractivity contribution < 1.29 is 24.4 Å². The van der Waals surface area contributed by atoms with Crippen LogP contribution in [0.2, 0.25) is 5.02 Å². The van der Waals surface area contributed by atoms with Gasteiger partial charge in [0.25, 0.3) is 0 Å². The molecule has 1 heterocycles. The second-order valence-electron chi connectivity index (χ2n) is 5.95. The molecular formula is C20H18ClN2O4+. The summed E-state index contributed by atoms with van der Waals surface area (Å²) in [6.45, 7) is 3.90. The number of esters is 1. The van der Waals surface area contributed by atoms with Crippen LogP contribution in [0.5, 0.6) is 0 Å². The van der Waals surface area contributed by atoms with Crippen molar-refractivity contribution in [3.63, 3.8) is 0 Å². The summed E-state index contributed by atoms with van der Waals surface area (Å²) in [6.07, 6.45) is 1.59. The first-order valence-corrected chi connectivity index (χ1v) is 8.70. The van der Waals surface area contributed by atoms with Gasteiger partial charge in [-0.25, -0.2) is 14.6 Å². The number of benzene rings is 2. The molecule has 0 fully saturated rings. The molecule has 27 heavy (non-hydrogen) atoms. The number of carboxylic acids is 1. The fraction of sp³-hybridized carbons (Fsp3) is 0.150. The van der Waals surface area contributed by atoms with Gasteiger partial charge in [0.2, 0.25) is 5.52 Å². The number of ether oxygens (including phenoxy) is 1. The van der Waals surface area contributed by atoms with Crippen molar-refractivity contribution in [2.45, 2.75) is 13.8 Å². The number of carboxylic acid groups (broad SMARTS) is 1. The summed E-state index contributed by atoms with van der Waals surface area (Å²) in [4.78, 5) is 26.6. The Bertz CT molecular complexity index is 1030. The number of carbonyl (C=O) groups is 2. The SMILES string of the molecule is CCOC(=O)c1c[nH+]c2c(C)cc(Cl)cc2c1Nc1ccc(C(=O)O)cc1. The van der Waals surface area contributed by atoms with Crippen molar-refractivity contribution in [2.75, 3.05) is 11.9 Å². The normalized spacial score (nSPS) is 10.6. The van der Waals surface area contributed by atoms with E-state index in [1.165, 1.54) is 12.1 Å². The lowest BCUT2D eigenvalue weighted by atomic mass is 10.1. The number of aromatic nitrogens is 1. The van der Waals surface area contributed by atoms with E-state index in [1.54, 1.807) is 31.3 Å². The smallest absolute Gasteiger partial charge is 0.346 e. The van der Waals surface area contributed by atoms with Crippen molar-refractivity contribution in [1.82, 2.24) is 0 Å². The molecule has 0 bridgehead atoms. The Hall–Kier alpha value is -3.12. The van der Waals surface area contributed by atoms with Crippen molar-refractivity contribution in [3.8, 4) is 0 Å². The van der Waals surface area contributed by atoms with Crippen molar-refractivity contribution in [3.05, 3.63) is 64.3 Å². The third-order valence-corrected chi connectivity index (χ3v) is 4.31. The molecule has 0 unspecified atom stereocenters. The number of halogens is 1. The van der Waals surface area contributed by atoms with Gasteiger partial charge >= 0.3 is 11.9 Å². The number of fused-ring (bicyclic) bond motifs is 1. The lowest BCUT2D eigenvalue weighted by Gasteiger charge is -2.13. The number of hydrogen-bond acceptors (Lipinski definition) is 4. The van der Waals surface area contributed by atoms with Gasteiger partial charge in [0.1, 0.15) is 5.56 Å². The van der Waals surface area contributed by atoms with E-state index in [9.17, 15) is 9.59 Å². The second-order valence-corrected chi connectivity index (χ2v) is 6.39. The van der Waals surface area contributed by atoms with E-state index in [1.807, 2.05) is 13.0 Å². The van der Waals surface area contributed by atoms with Crippen LogP contribution in [0.3, 0.4) is 0 Å². The summed E-state index contributed by atoms with van der Waals surface area (Å²) in [6, 6.07) is 9.85. The molecular weight excluding hydrogens is 368 g/mol. The monoisotopic (exact) mass is 385 g/mol. The number of hydrogen-bond donors (Lipinski definition) is 2. The van der Waals surface area contributed by atoms with E-state index in [-0.39, 0.29) is 12.2 Å². The molecule has 0 aliphatic carbocycles. The van der Waals surface area contributed by atoms with Crippen LogP contribution in [0.4, 0.5) is 11.4 Å². The zero-order chi connectivity index (χ0) is 19.6. The predicted molar refractivity (Wildman–Crippen MR) is 103 cm³/mol. The largest absolute Gasteiger partial charge is 0.478 e. The lowest BCUT2D eigenvalue weighted by molar-refractivity contribution is -0.345. The highest BCUT2D eigenvalue weighted by Crippen LogP contribution is 2.32. The minimum Gasteiger partial charge on any atom is -0.478 e. The third kappa shape index (κ3) is 3.85. The van der Waals surface area contributed by atoms with E-state index < -0.39 is 11.9 Å². The van der Waals surface area contributed by atoms with Crippen molar-refractivity contribution >= 4 is 45.8 Å². The topological polar surface area (TPSA) is 89.8 Å². The summed E-state index contributed by atoms with van der Waals surface area (Å²) < 4.78 is 5.16. The second kappa shape index (κ2) is 7.63. The highest BCUT2D eigenvalue weighted by Gasteiger charge is 2.22. The van der Waals surface area contributed by atoms with Gasteiger partial charge in [-0.3, -0.25) is 0 Å². The molecule has 3 aromatic rings. The number of aromatic amines is 1. The molecule has 0 amide bonds. The van der Waals surface area contributed by atoms with Crippen LogP contribution in [0, 0.1) is 6.92 Å². The van der Waals surface area contributed by atoms with Crippen LogP contribution in [0.1, 0.15) is 33.2 Å². The number of aryl methyl sites for hydroxylation is 1. The maximum atomic E-state index is 12.4. The fourth-order valence-electron chi connectivity index (χ4n) is 2.84. The average molecular weight is 386 g/mol. The Labute approximate surface area is 160 Å². The minimum absolute atomic E-state index is 0.177. The molecule has 7 heteroatoms. The Morgan fingerprint density at radius 1 is 1.22 bits per heavy atom. The van der Waals surface area contributed by atoms with Crippen LogP contribution < -0.4 is 10.3 Å². The molecule has 3 rings (SSSR count). The maximum absolute atomic E-state index is 12.4. The summed E-state index contributed by atoms with van der Waals surface area (Å²) in [5.74, 6) is -1.48. The van der Waals surface area contributed by atoms with Gasteiger partial charge in [-0.1, -0.05) is 11.6 Å². The van der Waals surface area contributed by atoms with Gasteiger partial charge in [-0.05, 0) is 50.2 Å². The quantitative estimate of drug-likeness (QED) is 0.641. The molecule has 2 aromatic carbocycles. The molecule has 0 saturated heterocycles. The van der Waals surface area contributed by atoms with Crippen molar-refractivity contribution in [1.29, 1.82) is 0 Å². The molecule has 138 valence electrons. The van der Waals surface area contributed by atoms with Gasteiger partial charge in [0.05, 0.1) is 23.2 Å². The van der Waals surface area contributed by atoms with Gasteiger partial charge in [-0.2, -0.15) is 0 Å². The summed E-state index contributed by atoms with van der Waals surface area (Å²) in [5, 5.41) is 13.5. The van der Waals surface area contributed by atoms with E-state index in [0.717, 1.165) is 16.5 Å². The Morgan fingerprint density at radius 2 is 1.93 bits per heavy atom. The highest BCUT2D eigenvalue weighted by molar-refractivity contribution is 6.31. The Morgan fingerprint density at radius 3 is 2.56 bits per heavy atom. The maximum Gasteiger partial charge on any atom is 0.346 e. The number of aromatic carboxylic acids is 1. The molecule has 0 aliphatic rings. The standard InChI is InChI=1S/C20H17ClN2O4/c1-3-27-20(26)16-10-22-17-11(2)8-13(21)9-15(17)18(16)23-14-6-4-12(5-7-14)19(24)25/h4-10H,3H2,1-2H3,(H,22,23)(H,24,25)/p+1. The number of anilines is 2. The van der Waals surface area contributed by atoms with Gasteiger partial charge in [0.15, 0.2) is 6.20 Å². The van der Waals surface area contributed by atoms with Gasteiger partial charge < -0.3 is 15.2 Å². The van der Waals surface area contributed by atoms with Crippen LogP contribution >= 0.6 is 11.6 Å². The lowest BCUT2D eigenvalue weighted by Crippen LogP contribution is -2.15. The summed E-state index contributed by atoms with van der Waals surface area (Å²) in [7, 11) is 0. The first-order chi connectivity index (χ1) is 12.9. The van der Waals surface area contributed by atoms with Crippen LogP contribution in [-0.2, 0) is 4.74 Å². The minimum atomic E-state index is -1.00. The molecule has 6 nitrogen and oxygen atoms in total. The fourth-order valence-corrected chi connectivity index (χ4v) is 3.11. The van der Waals surface area contributed by atoms with Crippen LogP contribution in [0.25, 0.3) is 10.9 Å². The van der Waals surface area contributed by atoms with Gasteiger partial charge in [0, 0.05) is 16.3 Å². The van der Waals surface area contributed by atoms with Crippen molar-refractivity contribution in [2.24, 2.45) is 0 Å². The Kier molecular flexibility index (Phi) is 5.28. The Balaban J connectivity index is 2.16. The highest BCUT2D eigenvalue weighted by atomic mass is 35.5. The number of H-pyrrole nitrogens is 1. The first kappa shape index (κ1) is 18.7. The average Bonchev–Trinajstić information content (AvgIpc) is 2.62. The number of pyridine rings is 1. The molecule has 0 radical (unpaired) electrons. The summed E-state index contributed by atoms with van der Waals surface area (Å²) in [5.41, 5.74) is 3.44. The van der Waals surface area contributed by atoms with E-state index in [4.69, 9.17) is 21.4 Å². The number of rotatable bonds is 5. The third-order valence-electron chi connectivity index (χ3n) is 4.10. The van der Waals surface area contributed by atoms with E-state index in [2.05, 4.69) is 10.3 Å². The zero-order valence-electron chi connectivity index (χ0n) is 14.8. The summed E-state index contributed by atoms with van der Waals surface area (Å²) >= 11 is 6.22. The van der Waals surface area contributed by atoms with Crippen LogP contribution in [0.15, 0.2) is 42.6 Å². The number of nitrogens with one attached hydrogen (secondary N) is 2. The predicted octanol–water partition coefficient (Wildman–Crippen LogP) is 4.23. The molecule has 0 spiro atoms. The molecule has 0 atom stereocenters. The van der Waals surface area contributed by atoms with Crippen LogP contribution in [-0.4, -0.2) is 23.7 Å². The molecule has 1 aromatic heterocycles. The first-order valence-electron chi connectivity index (χ1n) is 8.32. The molecule has 3 N–H and O–H groups in total. The zero-order valence-corrected chi connectivity index (χ0v) is 15.6. The molecule has 0 saturated carbocycles. The van der Waals surface area contributed by atoms with Gasteiger partial charge in [-0.15, -0.1) is 0 Å². The number of carbonyl (C=O) groups excluding carboxylic acids is 1. The van der Waals surface area contributed by atoms with E-state index in [0.29, 0.717) is 22.0 Å².